The molecule has 6 heteroatoms. The predicted octanol–water partition coefficient (Wildman–Crippen LogP) is 7.87. The Bertz CT molecular complexity index is 1310. The van der Waals surface area contributed by atoms with Gasteiger partial charge in [0.2, 0.25) is 5.91 Å². The average molecular weight is 575 g/mol. The van der Waals surface area contributed by atoms with E-state index in [0.29, 0.717) is 18.1 Å². The summed E-state index contributed by atoms with van der Waals surface area (Å²) < 4.78 is 0. The van der Waals surface area contributed by atoms with Gasteiger partial charge >= 0.3 is 0 Å². The molecule has 2 N–H and O–H groups in total. The van der Waals surface area contributed by atoms with Crippen LogP contribution in [0.3, 0.4) is 0 Å². The van der Waals surface area contributed by atoms with Crippen LogP contribution in [-0.4, -0.2) is 41.6 Å². The van der Waals surface area contributed by atoms with Gasteiger partial charge in [0, 0.05) is 26.0 Å². The summed E-state index contributed by atoms with van der Waals surface area (Å²) in [4.78, 5) is 23.4. The number of amides is 1. The van der Waals surface area contributed by atoms with Crippen molar-refractivity contribution in [3.8, 4) is 5.75 Å². The number of aromatic hydroxyl groups is 1. The number of nitrogens with one attached hydrogen (secondary N) is 1. The lowest BCUT2D eigenvalue weighted by Gasteiger charge is -2.29. The van der Waals surface area contributed by atoms with Crippen molar-refractivity contribution in [1.82, 2.24) is 15.3 Å². The highest BCUT2D eigenvalue weighted by Crippen LogP contribution is 2.40. The minimum Gasteiger partial charge on any atom is -0.507 e. The molecule has 1 saturated carbocycles. The van der Waals surface area contributed by atoms with Crippen LogP contribution in [-0.2, 0) is 22.0 Å². The molecule has 1 heterocycles. The molecule has 1 amide bonds. The van der Waals surface area contributed by atoms with Crippen molar-refractivity contribution in [3.63, 3.8) is 0 Å². The van der Waals surface area contributed by atoms with Crippen LogP contribution >= 0.6 is 0 Å². The summed E-state index contributed by atoms with van der Waals surface area (Å²) in [6.07, 6.45) is 6.74. The predicted molar refractivity (Wildman–Crippen MR) is 177 cm³/mol. The molecule has 6 nitrogen and oxygen atoms in total. The van der Waals surface area contributed by atoms with Crippen LogP contribution in [0.1, 0.15) is 103 Å². The third-order valence-electron chi connectivity index (χ3n) is 8.40. The fourth-order valence-corrected chi connectivity index (χ4v) is 5.80. The molecule has 0 unspecified atom stereocenters. The molecule has 1 aromatic heterocycles. The van der Waals surface area contributed by atoms with Crippen molar-refractivity contribution in [2.24, 2.45) is 11.8 Å². The molecular weight excluding hydrogens is 520 g/mol. The van der Waals surface area contributed by atoms with E-state index in [9.17, 15) is 9.90 Å². The average Bonchev–Trinajstić information content (AvgIpc) is 2.91. The number of carbonyl (C=O) groups is 1. The fraction of sp³-hybridized carbons (Fsp3) is 0.583. The Kier molecular flexibility index (Phi) is 11.0. The minimum atomic E-state index is -0.172. The normalized spacial score (nSPS) is 17.4. The molecule has 0 bridgehead atoms. The summed E-state index contributed by atoms with van der Waals surface area (Å²) >= 11 is 0. The Labute approximate surface area is 254 Å². The number of anilines is 1. The second-order valence-corrected chi connectivity index (χ2v) is 14.3. The van der Waals surface area contributed by atoms with E-state index in [1.165, 1.54) is 32.1 Å². The van der Waals surface area contributed by atoms with Crippen molar-refractivity contribution in [2.75, 3.05) is 25.5 Å². The number of rotatable bonds is 6. The molecule has 0 spiro atoms. The minimum absolute atomic E-state index is 0.0861. The van der Waals surface area contributed by atoms with Crippen LogP contribution in [0.15, 0.2) is 36.4 Å². The lowest BCUT2D eigenvalue weighted by Crippen LogP contribution is -2.32. The number of carbonyl (C=O) groups excluding carboxylic acids is 1. The van der Waals surface area contributed by atoms with E-state index in [2.05, 4.69) is 63.8 Å². The zero-order chi connectivity index (χ0) is 31.2. The monoisotopic (exact) mass is 574 g/mol. The van der Waals surface area contributed by atoms with E-state index < -0.39 is 0 Å². The van der Waals surface area contributed by atoms with E-state index in [4.69, 9.17) is 0 Å². The van der Waals surface area contributed by atoms with Crippen molar-refractivity contribution >= 4 is 22.6 Å². The van der Waals surface area contributed by atoms with E-state index in [1.54, 1.807) is 0 Å². The summed E-state index contributed by atoms with van der Waals surface area (Å²) in [7, 11) is 3.99. The Balaban J connectivity index is 0.000000287. The van der Waals surface area contributed by atoms with Gasteiger partial charge in [-0.05, 0) is 71.3 Å². The first-order valence-electron chi connectivity index (χ1n) is 15.6. The molecule has 0 radical (unpaired) electrons. The summed E-state index contributed by atoms with van der Waals surface area (Å²) in [5.41, 5.74) is 3.48. The highest BCUT2D eigenvalue weighted by Gasteiger charge is 2.27. The van der Waals surface area contributed by atoms with E-state index >= 15 is 0 Å². The summed E-state index contributed by atoms with van der Waals surface area (Å²) in [5.74, 6) is 3.76. The Morgan fingerprint density at radius 1 is 0.929 bits per heavy atom. The topological polar surface area (TPSA) is 78.3 Å². The number of hydrogen-bond acceptors (Lipinski definition) is 5. The fourth-order valence-electron chi connectivity index (χ4n) is 5.80. The maximum absolute atomic E-state index is 12.6. The highest BCUT2D eigenvalue weighted by molar-refractivity contribution is 5.89. The maximum Gasteiger partial charge on any atom is 0.224 e. The Morgan fingerprint density at radius 3 is 2.00 bits per heavy atom. The first kappa shape index (κ1) is 33.4. The van der Waals surface area contributed by atoms with Crippen LogP contribution in [0.5, 0.6) is 5.75 Å². The highest BCUT2D eigenvalue weighted by atomic mass is 16.3. The molecule has 0 saturated heterocycles. The van der Waals surface area contributed by atoms with Gasteiger partial charge in [-0.3, -0.25) is 4.79 Å². The molecule has 1 aliphatic rings. The molecule has 0 aliphatic heterocycles. The molecule has 230 valence electrons. The molecule has 4 rings (SSSR count). The number of phenols is 1. The van der Waals surface area contributed by atoms with Gasteiger partial charge in [-0.1, -0.05) is 92.0 Å². The smallest absolute Gasteiger partial charge is 0.224 e. The number of para-hydroxylation sites is 1. The Morgan fingerprint density at radius 2 is 1.48 bits per heavy atom. The second-order valence-electron chi connectivity index (χ2n) is 14.3. The summed E-state index contributed by atoms with van der Waals surface area (Å²) in [6, 6.07) is 12.1. The van der Waals surface area contributed by atoms with Gasteiger partial charge in [0.1, 0.15) is 17.4 Å². The van der Waals surface area contributed by atoms with Gasteiger partial charge in [-0.25, -0.2) is 9.97 Å². The van der Waals surface area contributed by atoms with Crippen molar-refractivity contribution < 1.29 is 9.90 Å². The lowest BCUT2D eigenvalue weighted by atomic mass is 9.78. The third-order valence-corrected chi connectivity index (χ3v) is 8.40. The standard InChI is InChI=1S/C25H41NO2.C11H13N3/c1-8-17-9-11-18(12-10-17)16-26-22(27)15-19-13-20(24(2,3)4)23(28)21(14-19)25(5,6)7;1-8-12-10-7-5-4-6-9(10)11(13-8)14(2)3/h13-14,17-18,28H,8-12,15-16H2,1-7H3,(H,26,27);4-7H,1-3H3. The zero-order valence-electron chi connectivity index (χ0n) is 27.8. The van der Waals surface area contributed by atoms with Gasteiger partial charge in [-0.2, -0.15) is 0 Å². The largest absolute Gasteiger partial charge is 0.507 e. The molecule has 3 aromatic rings. The summed E-state index contributed by atoms with van der Waals surface area (Å²) in [5, 5.41) is 15.1. The third kappa shape index (κ3) is 8.92. The first-order valence-corrected chi connectivity index (χ1v) is 15.6. The van der Waals surface area contributed by atoms with Crippen LogP contribution in [0.4, 0.5) is 5.82 Å². The van der Waals surface area contributed by atoms with Crippen LogP contribution in [0, 0.1) is 18.8 Å². The van der Waals surface area contributed by atoms with Crippen molar-refractivity contribution in [2.45, 2.75) is 105 Å². The second kappa shape index (κ2) is 13.9. The van der Waals surface area contributed by atoms with Crippen molar-refractivity contribution in [3.05, 3.63) is 58.9 Å². The molecule has 42 heavy (non-hydrogen) atoms. The van der Waals surface area contributed by atoms with Crippen LogP contribution in [0.25, 0.3) is 10.9 Å². The zero-order valence-corrected chi connectivity index (χ0v) is 27.8. The van der Waals surface area contributed by atoms with Gasteiger partial charge in [-0.15, -0.1) is 0 Å². The Hall–Kier alpha value is -3.15. The molecule has 1 aliphatic carbocycles. The molecule has 1 fully saturated rings. The number of phenolic OH excluding ortho intramolecular Hbond substituents is 1. The van der Waals surface area contributed by atoms with Crippen LogP contribution in [0.2, 0.25) is 0 Å². The van der Waals surface area contributed by atoms with Gasteiger partial charge in [0.15, 0.2) is 0 Å². The van der Waals surface area contributed by atoms with Gasteiger partial charge in [0.05, 0.1) is 11.9 Å². The summed E-state index contributed by atoms with van der Waals surface area (Å²) in [6.45, 7) is 17.6. The van der Waals surface area contributed by atoms with Crippen LogP contribution < -0.4 is 10.2 Å². The van der Waals surface area contributed by atoms with Gasteiger partial charge < -0.3 is 15.3 Å². The van der Waals surface area contributed by atoms with Crippen molar-refractivity contribution in [1.29, 1.82) is 0 Å². The van der Waals surface area contributed by atoms with E-state index in [0.717, 1.165) is 51.7 Å². The number of aryl methyl sites for hydroxylation is 1. The lowest BCUT2D eigenvalue weighted by molar-refractivity contribution is -0.120. The number of nitrogens with zero attached hydrogens (tertiary/aromatic N) is 3. The number of aromatic nitrogens is 2. The van der Waals surface area contributed by atoms with E-state index in [1.807, 2.05) is 62.3 Å². The number of fused-ring (bicyclic) bond motifs is 1. The SMILES string of the molecule is CCC1CCC(CNC(=O)Cc2cc(C(C)(C)C)c(O)c(C(C)(C)C)c2)CC1.Cc1nc(N(C)C)c2ccccc2n1. The maximum atomic E-state index is 12.6. The van der Waals surface area contributed by atoms with Gasteiger partial charge in [0.25, 0.3) is 0 Å². The number of benzene rings is 2. The number of hydrogen-bond donors (Lipinski definition) is 2. The van der Waals surface area contributed by atoms with E-state index in [-0.39, 0.29) is 16.7 Å². The molecular formula is C36H54N4O2. The molecule has 0 atom stereocenters. The molecule has 2 aromatic carbocycles. The first-order chi connectivity index (χ1) is 19.6. The quantitative estimate of drug-likeness (QED) is 0.313.